The molecule has 0 bridgehead atoms. The zero-order chi connectivity index (χ0) is 14.5. The Kier molecular flexibility index (Phi) is 5.04. The number of carbonyl (C=O) groups excluding carboxylic acids is 1. The van der Waals surface area contributed by atoms with E-state index in [1.54, 1.807) is 23.7 Å². The number of ketones is 1. The highest BCUT2D eigenvalue weighted by molar-refractivity contribution is 7.12. The van der Waals surface area contributed by atoms with Crippen molar-refractivity contribution in [3.05, 3.63) is 51.5 Å². The number of thiophene rings is 1. The summed E-state index contributed by atoms with van der Waals surface area (Å²) in [4.78, 5) is 20.9. The van der Waals surface area contributed by atoms with Crippen molar-refractivity contribution in [3.63, 3.8) is 0 Å². The van der Waals surface area contributed by atoms with Gasteiger partial charge in [0.25, 0.3) is 0 Å². The summed E-state index contributed by atoms with van der Waals surface area (Å²) in [5, 5.41) is 0. The summed E-state index contributed by atoms with van der Waals surface area (Å²) in [5.41, 5.74) is 2.06. The van der Waals surface area contributed by atoms with E-state index in [-0.39, 0.29) is 5.78 Å². The van der Waals surface area contributed by atoms with Crippen LogP contribution in [0.4, 0.5) is 0 Å². The number of aromatic nitrogens is 1. The Morgan fingerprint density at radius 2 is 2.00 bits per heavy atom. The SMILES string of the molecule is CCN(CC(=O)c1cc(C)sc1C)Cc1ccncc1. The van der Waals surface area contributed by atoms with Gasteiger partial charge >= 0.3 is 0 Å². The van der Waals surface area contributed by atoms with Crippen molar-refractivity contribution in [3.8, 4) is 0 Å². The second kappa shape index (κ2) is 6.77. The fourth-order valence-electron chi connectivity index (χ4n) is 2.22. The second-order valence-corrected chi connectivity index (χ2v) is 6.37. The van der Waals surface area contributed by atoms with E-state index in [1.165, 1.54) is 10.4 Å². The topological polar surface area (TPSA) is 33.2 Å². The fourth-order valence-corrected chi connectivity index (χ4v) is 3.16. The largest absolute Gasteiger partial charge is 0.293 e. The van der Waals surface area contributed by atoms with Crippen molar-refractivity contribution in [1.82, 2.24) is 9.88 Å². The van der Waals surface area contributed by atoms with Gasteiger partial charge in [-0.3, -0.25) is 14.7 Å². The van der Waals surface area contributed by atoms with Gasteiger partial charge in [0, 0.05) is 34.3 Å². The zero-order valence-corrected chi connectivity index (χ0v) is 13.0. The smallest absolute Gasteiger partial charge is 0.177 e. The third kappa shape index (κ3) is 3.74. The highest BCUT2D eigenvalue weighted by atomic mass is 32.1. The number of nitrogens with zero attached hydrogens (tertiary/aromatic N) is 2. The van der Waals surface area contributed by atoms with Crippen LogP contribution < -0.4 is 0 Å². The maximum Gasteiger partial charge on any atom is 0.177 e. The van der Waals surface area contributed by atoms with E-state index >= 15 is 0 Å². The van der Waals surface area contributed by atoms with Crippen LogP contribution in [0.5, 0.6) is 0 Å². The van der Waals surface area contributed by atoms with Gasteiger partial charge in [-0.05, 0) is 44.2 Å². The minimum atomic E-state index is 0.211. The number of hydrogen-bond donors (Lipinski definition) is 0. The van der Waals surface area contributed by atoms with Crippen LogP contribution in [0.15, 0.2) is 30.6 Å². The Bertz CT molecular complexity index is 577. The summed E-state index contributed by atoms with van der Waals surface area (Å²) in [5.74, 6) is 0.211. The molecule has 0 saturated carbocycles. The van der Waals surface area contributed by atoms with Gasteiger partial charge in [-0.15, -0.1) is 11.3 Å². The predicted molar refractivity (Wildman–Crippen MR) is 83.3 cm³/mol. The molecule has 4 heteroatoms. The molecule has 0 spiro atoms. The molecular weight excluding hydrogens is 268 g/mol. The third-order valence-corrected chi connectivity index (χ3v) is 4.28. The first-order valence-electron chi connectivity index (χ1n) is 6.81. The molecule has 0 aromatic carbocycles. The molecule has 0 amide bonds. The van der Waals surface area contributed by atoms with Crippen LogP contribution in [-0.2, 0) is 6.54 Å². The lowest BCUT2D eigenvalue weighted by atomic mass is 10.1. The van der Waals surface area contributed by atoms with E-state index in [2.05, 4.69) is 16.8 Å². The van der Waals surface area contributed by atoms with Crippen molar-refractivity contribution < 1.29 is 4.79 Å². The predicted octanol–water partition coefficient (Wildman–Crippen LogP) is 3.46. The maximum absolute atomic E-state index is 12.4. The average Bonchev–Trinajstić information content (AvgIpc) is 2.78. The number of aryl methyl sites for hydroxylation is 2. The number of likely N-dealkylation sites (N-methyl/N-ethyl adjacent to an activating group) is 1. The van der Waals surface area contributed by atoms with E-state index in [1.807, 2.05) is 32.0 Å². The zero-order valence-electron chi connectivity index (χ0n) is 12.2. The molecule has 3 nitrogen and oxygen atoms in total. The van der Waals surface area contributed by atoms with Crippen molar-refractivity contribution >= 4 is 17.1 Å². The van der Waals surface area contributed by atoms with Gasteiger partial charge in [0.1, 0.15) is 0 Å². The molecule has 0 N–H and O–H groups in total. The lowest BCUT2D eigenvalue weighted by molar-refractivity contribution is 0.0929. The molecule has 20 heavy (non-hydrogen) atoms. The number of rotatable bonds is 6. The van der Waals surface area contributed by atoms with Crippen molar-refractivity contribution in [1.29, 1.82) is 0 Å². The minimum Gasteiger partial charge on any atom is -0.293 e. The number of Topliss-reactive ketones (excluding diaryl/α,β-unsaturated/α-hetero) is 1. The molecule has 0 aliphatic heterocycles. The van der Waals surface area contributed by atoms with Gasteiger partial charge in [0.15, 0.2) is 5.78 Å². The van der Waals surface area contributed by atoms with E-state index in [0.29, 0.717) is 6.54 Å². The molecule has 2 aromatic rings. The van der Waals surface area contributed by atoms with Crippen molar-refractivity contribution in [2.45, 2.75) is 27.3 Å². The van der Waals surface area contributed by atoms with Gasteiger partial charge in [-0.25, -0.2) is 0 Å². The Morgan fingerprint density at radius 3 is 2.55 bits per heavy atom. The van der Waals surface area contributed by atoms with Crippen LogP contribution in [0.1, 0.15) is 32.6 Å². The molecule has 0 aliphatic carbocycles. The van der Waals surface area contributed by atoms with Crippen LogP contribution in [0.2, 0.25) is 0 Å². The van der Waals surface area contributed by atoms with E-state index in [9.17, 15) is 4.79 Å². The van der Waals surface area contributed by atoms with Crippen LogP contribution in [0.3, 0.4) is 0 Å². The van der Waals surface area contributed by atoms with Crippen LogP contribution in [-0.4, -0.2) is 28.8 Å². The first-order valence-corrected chi connectivity index (χ1v) is 7.63. The summed E-state index contributed by atoms with van der Waals surface area (Å²) in [6.07, 6.45) is 3.58. The molecule has 0 radical (unpaired) electrons. The van der Waals surface area contributed by atoms with E-state index in [0.717, 1.165) is 23.5 Å². The Hall–Kier alpha value is -1.52. The summed E-state index contributed by atoms with van der Waals surface area (Å²) < 4.78 is 0. The fraction of sp³-hybridized carbons (Fsp3) is 0.375. The van der Waals surface area contributed by atoms with E-state index < -0.39 is 0 Å². The normalized spacial score (nSPS) is 11.0. The molecule has 106 valence electrons. The summed E-state index contributed by atoms with van der Waals surface area (Å²) in [7, 11) is 0. The molecule has 2 aromatic heterocycles. The summed E-state index contributed by atoms with van der Waals surface area (Å²) >= 11 is 1.69. The summed E-state index contributed by atoms with van der Waals surface area (Å²) in [6, 6.07) is 5.99. The van der Waals surface area contributed by atoms with Crippen molar-refractivity contribution in [2.24, 2.45) is 0 Å². The molecule has 0 aliphatic rings. The molecule has 0 atom stereocenters. The van der Waals surface area contributed by atoms with Gasteiger partial charge in [0.2, 0.25) is 0 Å². The third-order valence-electron chi connectivity index (χ3n) is 3.31. The highest BCUT2D eigenvalue weighted by Gasteiger charge is 2.15. The number of pyridine rings is 1. The highest BCUT2D eigenvalue weighted by Crippen LogP contribution is 2.21. The first kappa shape index (κ1) is 14.9. The van der Waals surface area contributed by atoms with Gasteiger partial charge in [-0.1, -0.05) is 6.92 Å². The lowest BCUT2D eigenvalue weighted by Crippen LogP contribution is -2.29. The number of hydrogen-bond acceptors (Lipinski definition) is 4. The second-order valence-electron chi connectivity index (χ2n) is 4.91. The molecule has 2 heterocycles. The van der Waals surface area contributed by atoms with Gasteiger partial charge in [0.05, 0.1) is 6.54 Å². The average molecular weight is 288 g/mol. The monoisotopic (exact) mass is 288 g/mol. The maximum atomic E-state index is 12.4. The molecular formula is C16H20N2OS. The summed E-state index contributed by atoms with van der Waals surface area (Å²) in [6.45, 7) is 8.26. The minimum absolute atomic E-state index is 0.211. The van der Waals surface area contributed by atoms with Gasteiger partial charge < -0.3 is 0 Å². The Balaban J connectivity index is 2.03. The Morgan fingerprint density at radius 1 is 1.30 bits per heavy atom. The van der Waals surface area contributed by atoms with Crippen LogP contribution in [0.25, 0.3) is 0 Å². The molecule has 0 saturated heterocycles. The Labute approximate surface area is 124 Å². The quantitative estimate of drug-likeness (QED) is 0.763. The molecule has 0 unspecified atom stereocenters. The molecule has 0 fully saturated rings. The number of carbonyl (C=O) groups is 1. The van der Waals surface area contributed by atoms with Crippen LogP contribution >= 0.6 is 11.3 Å². The van der Waals surface area contributed by atoms with E-state index in [4.69, 9.17) is 0 Å². The van der Waals surface area contributed by atoms with Gasteiger partial charge in [-0.2, -0.15) is 0 Å². The first-order chi connectivity index (χ1) is 9.60. The van der Waals surface area contributed by atoms with Crippen molar-refractivity contribution in [2.75, 3.05) is 13.1 Å². The standard InChI is InChI=1S/C16H20N2OS/c1-4-18(10-14-5-7-17-8-6-14)11-16(19)15-9-12(2)20-13(15)3/h5-9H,4,10-11H2,1-3H3. The lowest BCUT2D eigenvalue weighted by Gasteiger charge is -2.19. The van der Waals surface area contributed by atoms with Crippen LogP contribution in [0, 0.1) is 13.8 Å². The molecule has 2 rings (SSSR count).